The Morgan fingerprint density at radius 3 is 2.73 bits per heavy atom. The van der Waals surface area contributed by atoms with E-state index in [0.717, 1.165) is 0 Å². The molecule has 64 valence electrons. The molecule has 0 spiro atoms. The Labute approximate surface area is 70.0 Å². The largest absolute Gasteiger partial charge is 0.306 e. The van der Waals surface area contributed by atoms with Crippen molar-refractivity contribution in [2.75, 3.05) is 5.75 Å². The first-order chi connectivity index (χ1) is 5.16. The summed E-state index contributed by atoms with van der Waals surface area (Å²) in [5.41, 5.74) is 0. The Morgan fingerprint density at radius 2 is 2.27 bits per heavy atom. The van der Waals surface area contributed by atoms with Crippen LogP contribution in [0.3, 0.4) is 0 Å². The zero-order chi connectivity index (χ0) is 8.43. The Morgan fingerprint density at radius 1 is 1.64 bits per heavy atom. The lowest BCUT2D eigenvalue weighted by Gasteiger charge is -1.89. The molecule has 11 heavy (non-hydrogen) atoms. The quantitative estimate of drug-likeness (QED) is 0.522. The van der Waals surface area contributed by atoms with Crippen molar-refractivity contribution >= 4 is 11.1 Å². The smallest absolute Gasteiger partial charge is 0.153 e. The molecule has 0 aromatic carbocycles. The first kappa shape index (κ1) is 8.94. The molecule has 0 saturated heterocycles. The normalized spacial score (nSPS) is 39.4. The van der Waals surface area contributed by atoms with E-state index in [0.29, 0.717) is 23.5 Å². The second-order valence-electron chi connectivity index (χ2n) is 3.11. The van der Waals surface area contributed by atoms with Gasteiger partial charge in [0, 0.05) is 0 Å². The lowest BCUT2D eigenvalue weighted by Crippen LogP contribution is -1.98. The standard InChI is InChI=1S/C8H14O2S/c1-3-4-7-6(2)8(7)5-11(9)10/h3-4,6-8H,5H2,1-2H3,(H,9,10)/b4-3+. The van der Waals surface area contributed by atoms with Crippen molar-refractivity contribution in [3.8, 4) is 0 Å². The van der Waals surface area contributed by atoms with Gasteiger partial charge in [0.25, 0.3) is 0 Å². The van der Waals surface area contributed by atoms with Crippen LogP contribution in [0.5, 0.6) is 0 Å². The molecule has 0 aliphatic heterocycles. The van der Waals surface area contributed by atoms with Crippen LogP contribution in [0.25, 0.3) is 0 Å². The first-order valence-corrected chi connectivity index (χ1v) is 5.14. The molecule has 2 nitrogen and oxygen atoms in total. The lowest BCUT2D eigenvalue weighted by atomic mass is 10.3. The van der Waals surface area contributed by atoms with E-state index in [-0.39, 0.29) is 0 Å². The monoisotopic (exact) mass is 174 g/mol. The van der Waals surface area contributed by atoms with Crippen molar-refractivity contribution in [1.82, 2.24) is 0 Å². The molecule has 1 fully saturated rings. The minimum Gasteiger partial charge on any atom is -0.306 e. The highest BCUT2D eigenvalue weighted by atomic mass is 32.2. The molecule has 0 aromatic rings. The highest BCUT2D eigenvalue weighted by Crippen LogP contribution is 2.47. The van der Waals surface area contributed by atoms with Crippen LogP contribution in [0.15, 0.2) is 12.2 Å². The molecular formula is C8H14O2S. The lowest BCUT2D eigenvalue weighted by molar-refractivity contribution is 0.558. The molecule has 0 radical (unpaired) electrons. The summed E-state index contributed by atoms with van der Waals surface area (Å²) in [5.74, 6) is 2.03. The molecule has 0 heterocycles. The third kappa shape index (κ3) is 2.14. The summed E-state index contributed by atoms with van der Waals surface area (Å²) in [6.45, 7) is 4.11. The van der Waals surface area contributed by atoms with Crippen LogP contribution in [0.1, 0.15) is 13.8 Å². The van der Waals surface area contributed by atoms with Crippen molar-refractivity contribution in [3.63, 3.8) is 0 Å². The van der Waals surface area contributed by atoms with Crippen molar-refractivity contribution in [3.05, 3.63) is 12.2 Å². The predicted molar refractivity (Wildman–Crippen MR) is 46.6 cm³/mol. The van der Waals surface area contributed by atoms with Crippen LogP contribution in [-0.2, 0) is 11.1 Å². The second kappa shape index (κ2) is 3.50. The van der Waals surface area contributed by atoms with Gasteiger partial charge in [-0.25, -0.2) is 4.21 Å². The summed E-state index contributed by atoms with van der Waals surface area (Å²) >= 11 is -1.61. The van der Waals surface area contributed by atoms with E-state index in [4.69, 9.17) is 4.55 Å². The van der Waals surface area contributed by atoms with E-state index in [1.807, 2.05) is 13.0 Å². The molecule has 3 heteroatoms. The highest BCUT2D eigenvalue weighted by molar-refractivity contribution is 7.79. The van der Waals surface area contributed by atoms with Crippen molar-refractivity contribution < 1.29 is 8.76 Å². The molecule has 1 rings (SSSR count). The van der Waals surface area contributed by atoms with Crippen molar-refractivity contribution in [2.45, 2.75) is 13.8 Å². The van der Waals surface area contributed by atoms with Gasteiger partial charge in [-0.15, -0.1) is 0 Å². The van der Waals surface area contributed by atoms with Gasteiger partial charge >= 0.3 is 0 Å². The topological polar surface area (TPSA) is 37.3 Å². The third-order valence-corrected chi connectivity index (χ3v) is 3.06. The Balaban J connectivity index is 2.35. The first-order valence-electron chi connectivity index (χ1n) is 3.87. The Kier molecular flexibility index (Phi) is 2.84. The SMILES string of the molecule is C/C=C/C1C(C)C1CS(=O)O. The van der Waals surface area contributed by atoms with Crippen LogP contribution in [0, 0.1) is 17.8 Å². The van der Waals surface area contributed by atoms with E-state index < -0.39 is 11.1 Å². The van der Waals surface area contributed by atoms with Crippen molar-refractivity contribution in [1.29, 1.82) is 0 Å². The number of allylic oxidation sites excluding steroid dienone is 2. The molecule has 4 atom stereocenters. The van der Waals surface area contributed by atoms with E-state index in [1.165, 1.54) is 0 Å². The maximum Gasteiger partial charge on any atom is 0.153 e. The molecule has 1 aliphatic rings. The fourth-order valence-corrected chi connectivity index (χ4v) is 2.40. The van der Waals surface area contributed by atoms with Crippen molar-refractivity contribution in [2.24, 2.45) is 17.8 Å². The average molecular weight is 174 g/mol. The number of rotatable bonds is 3. The summed E-state index contributed by atoms with van der Waals surface area (Å²) in [6, 6.07) is 0. The highest BCUT2D eigenvalue weighted by Gasteiger charge is 2.45. The Bertz CT molecular complexity index is 189. The summed E-state index contributed by atoms with van der Waals surface area (Å²) in [5, 5.41) is 0. The van der Waals surface area contributed by atoms with Crippen LogP contribution in [0.4, 0.5) is 0 Å². The van der Waals surface area contributed by atoms with E-state index >= 15 is 0 Å². The molecule has 0 amide bonds. The third-order valence-electron chi connectivity index (χ3n) is 2.39. The van der Waals surface area contributed by atoms with E-state index in [2.05, 4.69) is 13.0 Å². The van der Waals surface area contributed by atoms with Gasteiger partial charge in [-0.05, 0) is 24.7 Å². The van der Waals surface area contributed by atoms with Crippen LogP contribution >= 0.6 is 0 Å². The second-order valence-corrected chi connectivity index (χ2v) is 4.09. The summed E-state index contributed by atoms with van der Waals surface area (Å²) in [7, 11) is 0. The average Bonchev–Trinajstić information content (AvgIpc) is 2.45. The molecule has 4 unspecified atom stereocenters. The Hall–Kier alpha value is -0.150. The molecule has 1 saturated carbocycles. The molecule has 1 aliphatic carbocycles. The van der Waals surface area contributed by atoms with Crippen LogP contribution in [0.2, 0.25) is 0 Å². The van der Waals surface area contributed by atoms with Crippen LogP contribution < -0.4 is 0 Å². The van der Waals surface area contributed by atoms with Gasteiger partial charge in [-0.1, -0.05) is 19.1 Å². The zero-order valence-corrected chi connectivity index (χ0v) is 7.67. The maximum absolute atomic E-state index is 10.4. The zero-order valence-electron chi connectivity index (χ0n) is 6.86. The summed E-state index contributed by atoms with van der Waals surface area (Å²) in [4.78, 5) is 0. The fourth-order valence-electron chi connectivity index (χ4n) is 1.55. The van der Waals surface area contributed by atoms with Gasteiger partial charge in [0.05, 0.1) is 5.75 Å². The summed E-state index contributed by atoms with van der Waals surface area (Å²) in [6.07, 6.45) is 4.14. The van der Waals surface area contributed by atoms with E-state index in [1.54, 1.807) is 0 Å². The minimum atomic E-state index is -1.61. The molecule has 0 aromatic heterocycles. The van der Waals surface area contributed by atoms with Gasteiger partial charge in [-0.3, -0.25) is 0 Å². The van der Waals surface area contributed by atoms with Gasteiger partial charge in [0.1, 0.15) is 0 Å². The maximum atomic E-state index is 10.4. The number of hydrogen-bond acceptors (Lipinski definition) is 1. The predicted octanol–water partition coefficient (Wildman–Crippen LogP) is 1.67. The van der Waals surface area contributed by atoms with E-state index in [9.17, 15) is 4.21 Å². The molecular weight excluding hydrogens is 160 g/mol. The van der Waals surface area contributed by atoms with Gasteiger partial charge in [-0.2, -0.15) is 0 Å². The van der Waals surface area contributed by atoms with Gasteiger partial charge < -0.3 is 4.55 Å². The minimum absolute atomic E-state index is 0.441. The number of hydrogen-bond donors (Lipinski definition) is 1. The van der Waals surface area contributed by atoms with Crippen LogP contribution in [-0.4, -0.2) is 14.5 Å². The van der Waals surface area contributed by atoms with Gasteiger partial charge in [0.15, 0.2) is 11.1 Å². The molecule has 0 bridgehead atoms. The molecule has 1 N–H and O–H groups in total. The fraction of sp³-hybridized carbons (Fsp3) is 0.750. The van der Waals surface area contributed by atoms with Gasteiger partial charge in [0.2, 0.25) is 0 Å². The summed E-state index contributed by atoms with van der Waals surface area (Å²) < 4.78 is 19.0.